The number of benzene rings is 6. The second-order valence-corrected chi connectivity index (χ2v) is 11.6. The smallest absolute Gasteiger partial charge is 0.0540 e. The Kier molecular flexibility index (Phi) is 8.52. The van der Waals surface area contributed by atoms with Gasteiger partial charge in [-0.1, -0.05) is 104 Å². The van der Waals surface area contributed by atoms with Gasteiger partial charge >= 0.3 is 0 Å². The zero-order valence-electron chi connectivity index (χ0n) is 26.5. The molecule has 0 aromatic heterocycles. The Balaban J connectivity index is 1.43. The van der Waals surface area contributed by atoms with Crippen LogP contribution in [0, 0.1) is 0 Å². The van der Waals surface area contributed by atoms with Crippen LogP contribution in [0.4, 0.5) is 28.4 Å². The van der Waals surface area contributed by atoms with Crippen molar-refractivity contribution in [3.8, 4) is 33.4 Å². The molecule has 3 nitrogen and oxygen atoms in total. The van der Waals surface area contributed by atoms with E-state index in [1.165, 1.54) is 33.6 Å². The summed E-state index contributed by atoms with van der Waals surface area (Å²) in [5.41, 5.74) is 13.9. The van der Waals surface area contributed by atoms with Gasteiger partial charge in [0.05, 0.1) is 5.69 Å². The summed E-state index contributed by atoms with van der Waals surface area (Å²) in [5.74, 6) is 0. The zero-order valence-corrected chi connectivity index (χ0v) is 26.5. The number of anilines is 5. The van der Waals surface area contributed by atoms with Crippen molar-refractivity contribution in [2.24, 2.45) is 0 Å². The van der Waals surface area contributed by atoms with Crippen LogP contribution in [-0.2, 0) is 0 Å². The van der Waals surface area contributed by atoms with Gasteiger partial charge in [0, 0.05) is 56.5 Å². The van der Waals surface area contributed by atoms with Crippen LogP contribution >= 0.6 is 0 Å². The van der Waals surface area contributed by atoms with Gasteiger partial charge in [0.1, 0.15) is 0 Å². The molecule has 0 atom stereocenters. The van der Waals surface area contributed by atoms with Crippen LogP contribution in [0.1, 0.15) is 5.56 Å². The van der Waals surface area contributed by atoms with Gasteiger partial charge in [-0.3, -0.25) is 0 Å². The molecule has 0 amide bonds. The topological polar surface area (TPSA) is 9.72 Å². The molecule has 0 aliphatic rings. The summed E-state index contributed by atoms with van der Waals surface area (Å²) in [6.07, 6.45) is 1.93. The Bertz CT molecular complexity index is 1790. The molecule has 0 aliphatic heterocycles. The number of hydrogen-bond donors (Lipinski definition) is 0. The molecule has 0 aliphatic carbocycles. The molecule has 0 radical (unpaired) electrons. The lowest BCUT2D eigenvalue weighted by Crippen LogP contribution is -2.11. The highest BCUT2D eigenvalue weighted by molar-refractivity contribution is 5.91. The van der Waals surface area contributed by atoms with E-state index in [0.717, 1.165) is 33.8 Å². The minimum Gasteiger partial charge on any atom is -0.378 e. The predicted molar refractivity (Wildman–Crippen MR) is 196 cm³/mol. The maximum atomic E-state index is 4.10. The van der Waals surface area contributed by atoms with E-state index in [-0.39, 0.29) is 0 Å². The van der Waals surface area contributed by atoms with Crippen molar-refractivity contribution in [3.63, 3.8) is 0 Å². The summed E-state index contributed by atoms with van der Waals surface area (Å²) < 4.78 is 0. The van der Waals surface area contributed by atoms with Crippen molar-refractivity contribution < 1.29 is 0 Å². The van der Waals surface area contributed by atoms with E-state index in [0.29, 0.717) is 0 Å². The summed E-state index contributed by atoms with van der Waals surface area (Å²) in [4.78, 5) is 6.60. The lowest BCUT2D eigenvalue weighted by molar-refractivity contribution is 1.13. The van der Waals surface area contributed by atoms with Crippen LogP contribution in [0.3, 0.4) is 0 Å². The number of para-hydroxylation sites is 1. The van der Waals surface area contributed by atoms with Crippen LogP contribution in [0.15, 0.2) is 152 Å². The summed E-state index contributed by atoms with van der Waals surface area (Å²) in [7, 11) is 8.27. The Hall–Kier alpha value is -5.54. The average Bonchev–Trinajstić information content (AvgIpc) is 3.09. The minimum atomic E-state index is 1.09. The van der Waals surface area contributed by atoms with Crippen molar-refractivity contribution in [3.05, 3.63) is 158 Å². The highest BCUT2D eigenvalue weighted by Crippen LogP contribution is 2.42. The van der Waals surface area contributed by atoms with Crippen molar-refractivity contribution in [1.29, 1.82) is 0 Å². The van der Waals surface area contributed by atoms with Gasteiger partial charge in [0.2, 0.25) is 0 Å². The summed E-state index contributed by atoms with van der Waals surface area (Å²) in [5, 5.41) is 0. The Morgan fingerprint density at radius 3 is 1.16 bits per heavy atom. The Morgan fingerprint density at radius 2 is 0.756 bits per heavy atom. The highest BCUT2D eigenvalue weighted by Gasteiger charge is 2.18. The minimum absolute atomic E-state index is 1.09. The van der Waals surface area contributed by atoms with E-state index in [1.807, 2.05) is 6.08 Å². The first-order valence-electron chi connectivity index (χ1n) is 15.3. The molecular formula is C42H39N3. The molecule has 3 heteroatoms. The van der Waals surface area contributed by atoms with Crippen molar-refractivity contribution in [1.82, 2.24) is 0 Å². The molecule has 6 aromatic carbocycles. The van der Waals surface area contributed by atoms with Crippen LogP contribution in [-0.4, -0.2) is 28.2 Å². The van der Waals surface area contributed by atoms with Gasteiger partial charge in [0.25, 0.3) is 0 Å². The first-order valence-corrected chi connectivity index (χ1v) is 15.3. The van der Waals surface area contributed by atoms with Crippen LogP contribution in [0.5, 0.6) is 0 Å². The second-order valence-electron chi connectivity index (χ2n) is 11.6. The third kappa shape index (κ3) is 6.25. The lowest BCUT2D eigenvalue weighted by Gasteiger charge is -2.28. The fraction of sp³-hybridized carbons (Fsp3) is 0.0952. The monoisotopic (exact) mass is 585 g/mol. The van der Waals surface area contributed by atoms with Crippen molar-refractivity contribution >= 4 is 34.5 Å². The van der Waals surface area contributed by atoms with Gasteiger partial charge < -0.3 is 14.7 Å². The third-order valence-electron chi connectivity index (χ3n) is 8.30. The van der Waals surface area contributed by atoms with E-state index in [2.05, 4.69) is 195 Å². The first-order chi connectivity index (χ1) is 21.9. The van der Waals surface area contributed by atoms with E-state index in [9.17, 15) is 0 Å². The molecule has 0 bridgehead atoms. The Morgan fingerprint density at radius 1 is 0.400 bits per heavy atom. The summed E-state index contributed by atoms with van der Waals surface area (Å²) in [6.45, 7) is 4.10. The number of hydrogen-bond acceptors (Lipinski definition) is 3. The fourth-order valence-electron chi connectivity index (χ4n) is 5.75. The van der Waals surface area contributed by atoms with Gasteiger partial charge in [-0.15, -0.1) is 0 Å². The highest BCUT2D eigenvalue weighted by atomic mass is 15.1. The SMILES string of the molecule is C=Cc1ccccc1-c1ccccc1N(c1ccc(-c2ccc(N(C)C)cc2)cc1)c1ccc(-c2ccc(N(C)C)cc2)cc1. The molecular weight excluding hydrogens is 546 g/mol. The second kappa shape index (κ2) is 13.0. The van der Waals surface area contributed by atoms with Gasteiger partial charge in [-0.25, -0.2) is 0 Å². The predicted octanol–water partition coefficient (Wildman–Crippen LogP) is 10.9. The standard InChI is InChI=1S/C42H39N3/c1-6-31-11-7-8-12-40(31)41-13-9-10-14-42(41)45(38-27-19-34(20-28-38)32-15-23-36(24-16-32)43(2)3)39-29-21-35(22-30-39)33-17-25-37(26-18-33)44(4)5/h6-30H,1H2,2-5H3. The molecule has 0 N–H and O–H groups in total. The number of nitrogens with zero attached hydrogens (tertiary/aromatic N) is 3. The fourth-order valence-corrected chi connectivity index (χ4v) is 5.75. The summed E-state index contributed by atoms with van der Waals surface area (Å²) >= 11 is 0. The molecule has 45 heavy (non-hydrogen) atoms. The van der Waals surface area contributed by atoms with Crippen molar-refractivity contribution in [2.45, 2.75) is 0 Å². The molecule has 0 fully saturated rings. The molecule has 222 valence electrons. The van der Waals surface area contributed by atoms with Gasteiger partial charge in [0.15, 0.2) is 0 Å². The molecule has 0 saturated carbocycles. The first kappa shape index (κ1) is 29.5. The largest absolute Gasteiger partial charge is 0.378 e. The summed E-state index contributed by atoms with van der Waals surface area (Å²) in [6, 6.07) is 52.2. The molecule has 0 heterocycles. The van der Waals surface area contributed by atoms with Crippen molar-refractivity contribution in [2.75, 3.05) is 42.9 Å². The quantitative estimate of drug-likeness (QED) is 0.167. The lowest BCUT2D eigenvalue weighted by atomic mass is 9.96. The molecule has 0 unspecified atom stereocenters. The van der Waals surface area contributed by atoms with Crippen LogP contribution in [0.2, 0.25) is 0 Å². The molecule has 6 aromatic rings. The van der Waals surface area contributed by atoms with E-state index in [4.69, 9.17) is 0 Å². The van der Waals surface area contributed by atoms with E-state index >= 15 is 0 Å². The van der Waals surface area contributed by atoms with E-state index in [1.54, 1.807) is 0 Å². The van der Waals surface area contributed by atoms with E-state index < -0.39 is 0 Å². The zero-order chi connectivity index (χ0) is 31.3. The normalized spacial score (nSPS) is 10.8. The van der Waals surface area contributed by atoms with Gasteiger partial charge in [-0.05, 0) is 88.0 Å². The average molecular weight is 586 g/mol. The van der Waals surface area contributed by atoms with Gasteiger partial charge in [-0.2, -0.15) is 0 Å². The van der Waals surface area contributed by atoms with Crippen LogP contribution in [0.25, 0.3) is 39.5 Å². The molecule has 0 saturated heterocycles. The maximum Gasteiger partial charge on any atom is 0.0540 e. The van der Waals surface area contributed by atoms with Crippen LogP contribution < -0.4 is 14.7 Å². The number of rotatable bonds is 9. The third-order valence-corrected chi connectivity index (χ3v) is 8.30. The Labute approximate surface area is 267 Å². The molecule has 6 rings (SSSR count). The maximum absolute atomic E-state index is 4.10. The molecule has 0 spiro atoms.